The first kappa shape index (κ1) is 13.0. The van der Waals surface area contributed by atoms with Gasteiger partial charge in [0.2, 0.25) is 0 Å². The van der Waals surface area contributed by atoms with Crippen LogP contribution in [0, 0.1) is 6.92 Å². The van der Waals surface area contributed by atoms with Gasteiger partial charge in [-0.3, -0.25) is 4.98 Å². The molecule has 3 nitrogen and oxygen atoms in total. The molecule has 0 fully saturated rings. The van der Waals surface area contributed by atoms with Crippen LogP contribution in [-0.4, -0.2) is 15.0 Å². The summed E-state index contributed by atoms with van der Waals surface area (Å²) in [5.41, 5.74) is 3.89. The summed E-state index contributed by atoms with van der Waals surface area (Å²) in [6.07, 6.45) is 0.766. The lowest BCUT2D eigenvalue weighted by Crippen LogP contribution is -1.95. The van der Waals surface area contributed by atoms with E-state index in [0.717, 1.165) is 40.1 Å². The zero-order valence-electron chi connectivity index (χ0n) is 11.4. The lowest BCUT2D eigenvalue weighted by molar-refractivity contribution is 0.943. The van der Waals surface area contributed by atoms with Gasteiger partial charge in [-0.2, -0.15) is 0 Å². The average molecular weight is 284 g/mol. The van der Waals surface area contributed by atoms with Gasteiger partial charge in [-0.25, -0.2) is 9.97 Å². The van der Waals surface area contributed by atoms with Gasteiger partial charge in [0.25, 0.3) is 0 Å². The standard InChI is InChI=1S/C16H14ClN3/c1-3-16-19-14(9-15(17)20-16)12-6-7-13-11(8-12)5-4-10(2)18-13/h4-9H,3H2,1-2H3. The third kappa shape index (κ3) is 2.49. The highest BCUT2D eigenvalue weighted by Gasteiger charge is 2.06. The minimum absolute atomic E-state index is 0.481. The number of hydrogen-bond acceptors (Lipinski definition) is 3. The Labute approximate surface area is 122 Å². The average Bonchev–Trinajstić information content (AvgIpc) is 2.46. The second-order valence-electron chi connectivity index (χ2n) is 4.71. The fourth-order valence-corrected chi connectivity index (χ4v) is 2.36. The number of aryl methyl sites for hydroxylation is 2. The van der Waals surface area contributed by atoms with Crippen molar-refractivity contribution in [2.24, 2.45) is 0 Å². The van der Waals surface area contributed by atoms with E-state index < -0.39 is 0 Å². The minimum atomic E-state index is 0.481. The van der Waals surface area contributed by atoms with Crippen molar-refractivity contribution in [1.82, 2.24) is 15.0 Å². The maximum Gasteiger partial charge on any atom is 0.133 e. The Morgan fingerprint density at radius 3 is 2.65 bits per heavy atom. The monoisotopic (exact) mass is 283 g/mol. The van der Waals surface area contributed by atoms with Gasteiger partial charge in [0, 0.05) is 29.1 Å². The summed E-state index contributed by atoms with van der Waals surface area (Å²) in [4.78, 5) is 13.2. The maximum absolute atomic E-state index is 6.05. The Balaban J connectivity index is 2.14. The maximum atomic E-state index is 6.05. The van der Waals surface area contributed by atoms with Gasteiger partial charge in [-0.1, -0.05) is 30.7 Å². The molecule has 2 aromatic heterocycles. The lowest BCUT2D eigenvalue weighted by atomic mass is 10.1. The first-order chi connectivity index (χ1) is 9.65. The van der Waals surface area contributed by atoms with Crippen LogP contribution in [0.3, 0.4) is 0 Å². The summed E-state index contributed by atoms with van der Waals surface area (Å²) in [5.74, 6) is 0.759. The molecule has 2 heterocycles. The zero-order valence-corrected chi connectivity index (χ0v) is 12.1. The van der Waals surface area contributed by atoms with Gasteiger partial charge < -0.3 is 0 Å². The summed E-state index contributed by atoms with van der Waals surface area (Å²) < 4.78 is 0. The summed E-state index contributed by atoms with van der Waals surface area (Å²) >= 11 is 6.05. The molecule has 0 atom stereocenters. The van der Waals surface area contributed by atoms with Crippen molar-refractivity contribution in [3.63, 3.8) is 0 Å². The summed E-state index contributed by atoms with van der Waals surface area (Å²) in [6.45, 7) is 4.01. The minimum Gasteiger partial charge on any atom is -0.253 e. The van der Waals surface area contributed by atoms with Gasteiger partial charge in [0.05, 0.1) is 11.2 Å². The van der Waals surface area contributed by atoms with E-state index in [1.54, 1.807) is 6.07 Å². The van der Waals surface area contributed by atoms with Crippen LogP contribution >= 0.6 is 11.6 Å². The van der Waals surface area contributed by atoms with Gasteiger partial charge in [-0.15, -0.1) is 0 Å². The van der Waals surface area contributed by atoms with E-state index in [4.69, 9.17) is 11.6 Å². The Hall–Kier alpha value is -2.00. The first-order valence-electron chi connectivity index (χ1n) is 6.57. The molecule has 0 radical (unpaired) electrons. The molecule has 0 aliphatic carbocycles. The molecule has 0 saturated carbocycles. The molecule has 0 aliphatic heterocycles. The molecule has 0 aliphatic rings. The van der Waals surface area contributed by atoms with Crippen molar-refractivity contribution >= 4 is 22.5 Å². The van der Waals surface area contributed by atoms with Crippen molar-refractivity contribution in [3.05, 3.63) is 53.1 Å². The quantitative estimate of drug-likeness (QED) is 0.661. The van der Waals surface area contributed by atoms with Crippen molar-refractivity contribution < 1.29 is 0 Å². The van der Waals surface area contributed by atoms with Crippen LogP contribution in [0.4, 0.5) is 0 Å². The Kier molecular flexibility index (Phi) is 3.36. The third-order valence-corrected chi connectivity index (χ3v) is 3.38. The molecule has 0 N–H and O–H groups in total. The summed E-state index contributed by atoms with van der Waals surface area (Å²) in [7, 11) is 0. The molecule has 0 spiro atoms. The molecular weight excluding hydrogens is 270 g/mol. The van der Waals surface area contributed by atoms with Crippen LogP contribution in [0.25, 0.3) is 22.2 Å². The molecule has 20 heavy (non-hydrogen) atoms. The fraction of sp³-hybridized carbons (Fsp3) is 0.188. The van der Waals surface area contributed by atoms with Crippen LogP contribution in [0.5, 0.6) is 0 Å². The molecule has 3 aromatic rings. The van der Waals surface area contributed by atoms with E-state index in [-0.39, 0.29) is 0 Å². The van der Waals surface area contributed by atoms with Crippen molar-refractivity contribution in [3.8, 4) is 11.3 Å². The van der Waals surface area contributed by atoms with Gasteiger partial charge in [-0.05, 0) is 25.1 Å². The highest BCUT2D eigenvalue weighted by Crippen LogP contribution is 2.24. The molecule has 100 valence electrons. The molecule has 0 saturated heterocycles. The Morgan fingerprint density at radius 1 is 1.00 bits per heavy atom. The van der Waals surface area contributed by atoms with E-state index in [2.05, 4.69) is 27.1 Å². The number of halogens is 1. The summed E-state index contributed by atoms with van der Waals surface area (Å²) in [5, 5.41) is 1.58. The number of nitrogens with zero attached hydrogens (tertiary/aromatic N) is 3. The van der Waals surface area contributed by atoms with Gasteiger partial charge >= 0.3 is 0 Å². The highest BCUT2D eigenvalue weighted by molar-refractivity contribution is 6.29. The van der Waals surface area contributed by atoms with Gasteiger partial charge in [0.1, 0.15) is 11.0 Å². The first-order valence-corrected chi connectivity index (χ1v) is 6.95. The van der Waals surface area contributed by atoms with Crippen LogP contribution in [0.15, 0.2) is 36.4 Å². The molecule has 0 amide bonds. The largest absolute Gasteiger partial charge is 0.253 e. The predicted molar refractivity (Wildman–Crippen MR) is 81.9 cm³/mol. The van der Waals surface area contributed by atoms with E-state index in [1.807, 2.05) is 32.0 Å². The number of benzene rings is 1. The van der Waals surface area contributed by atoms with Crippen molar-refractivity contribution in [2.45, 2.75) is 20.3 Å². The van der Waals surface area contributed by atoms with Crippen LogP contribution in [0.2, 0.25) is 5.15 Å². The fourth-order valence-electron chi connectivity index (χ4n) is 2.16. The third-order valence-electron chi connectivity index (χ3n) is 3.18. The van der Waals surface area contributed by atoms with E-state index in [9.17, 15) is 0 Å². The van der Waals surface area contributed by atoms with Crippen LogP contribution in [0.1, 0.15) is 18.4 Å². The normalized spacial score (nSPS) is 10.9. The Bertz CT molecular complexity index is 784. The molecule has 3 rings (SSSR count). The number of rotatable bonds is 2. The molecule has 0 unspecified atom stereocenters. The highest BCUT2D eigenvalue weighted by atomic mass is 35.5. The number of pyridine rings is 1. The lowest BCUT2D eigenvalue weighted by Gasteiger charge is -2.06. The number of hydrogen-bond donors (Lipinski definition) is 0. The second kappa shape index (κ2) is 5.17. The van der Waals surface area contributed by atoms with Crippen molar-refractivity contribution in [1.29, 1.82) is 0 Å². The van der Waals surface area contributed by atoms with Crippen LogP contribution in [-0.2, 0) is 6.42 Å². The number of aromatic nitrogens is 3. The molecule has 4 heteroatoms. The Morgan fingerprint density at radius 2 is 1.85 bits per heavy atom. The van der Waals surface area contributed by atoms with Gasteiger partial charge in [0.15, 0.2) is 0 Å². The van der Waals surface area contributed by atoms with Crippen molar-refractivity contribution in [2.75, 3.05) is 0 Å². The number of fused-ring (bicyclic) bond motifs is 1. The smallest absolute Gasteiger partial charge is 0.133 e. The van der Waals surface area contributed by atoms with E-state index >= 15 is 0 Å². The summed E-state index contributed by atoms with van der Waals surface area (Å²) in [6, 6.07) is 12.0. The van der Waals surface area contributed by atoms with E-state index in [1.165, 1.54) is 0 Å². The molecule has 1 aromatic carbocycles. The predicted octanol–water partition coefficient (Wildman–Crippen LogP) is 4.22. The SMILES string of the molecule is CCc1nc(Cl)cc(-c2ccc3nc(C)ccc3c2)n1. The molecule has 0 bridgehead atoms. The van der Waals surface area contributed by atoms with Crippen LogP contribution < -0.4 is 0 Å². The topological polar surface area (TPSA) is 38.7 Å². The molecular formula is C16H14ClN3. The second-order valence-corrected chi connectivity index (χ2v) is 5.09. The van der Waals surface area contributed by atoms with E-state index in [0.29, 0.717) is 5.15 Å². The zero-order chi connectivity index (χ0) is 14.1.